The van der Waals surface area contributed by atoms with Gasteiger partial charge >= 0.3 is 0 Å². The zero-order chi connectivity index (χ0) is 17.6. The van der Waals surface area contributed by atoms with E-state index in [-0.39, 0.29) is 0 Å². The molecular formula is C21H29N5. The summed E-state index contributed by atoms with van der Waals surface area (Å²) in [5.74, 6) is 2.88. The van der Waals surface area contributed by atoms with Gasteiger partial charge in [0.15, 0.2) is 0 Å². The van der Waals surface area contributed by atoms with E-state index in [1.165, 1.54) is 63.7 Å². The minimum atomic E-state index is 0.533. The maximum absolute atomic E-state index is 4.86. The molecule has 26 heavy (non-hydrogen) atoms. The number of piperidine rings is 1. The minimum Gasteiger partial charge on any atom is -0.309 e. The molecule has 2 aromatic rings. The van der Waals surface area contributed by atoms with Gasteiger partial charge in [-0.25, -0.2) is 15.0 Å². The van der Waals surface area contributed by atoms with Crippen molar-refractivity contribution in [3.63, 3.8) is 0 Å². The van der Waals surface area contributed by atoms with Crippen molar-refractivity contribution in [1.29, 1.82) is 0 Å². The Morgan fingerprint density at radius 1 is 0.962 bits per heavy atom. The van der Waals surface area contributed by atoms with Gasteiger partial charge in [0.2, 0.25) is 5.95 Å². The van der Waals surface area contributed by atoms with Crippen molar-refractivity contribution in [2.75, 3.05) is 25.0 Å². The lowest BCUT2D eigenvalue weighted by Crippen LogP contribution is -2.38. The molecule has 2 aliphatic rings. The summed E-state index contributed by atoms with van der Waals surface area (Å²) in [6.07, 6.45) is 13.1. The Labute approximate surface area is 156 Å². The summed E-state index contributed by atoms with van der Waals surface area (Å²) in [6.45, 7) is 3.68. The number of rotatable bonds is 5. The smallest absolute Gasteiger partial charge is 0.228 e. The molecule has 1 saturated heterocycles. The molecule has 0 amide bonds. The topological polar surface area (TPSA) is 53.9 Å². The summed E-state index contributed by atoms with van der Waals surface area (Å²) < 4.78 is 0. The number of nitrogens with one attached hydrogen (secondary N) is 1. The van der Waals surface area contributed by atoms with Crippen LogP contribution in [-0.4, -0.2) is 39.5 Å². The van der Waals surface area contributed by atoms with Crippen molar-refractivity contribution in [1.82, 2.24) is 19.9 Å². The van der Waals surface area contributed by atoms with Gasteiger partial charge in [0.1, 0.15) is 5.82 Å². The second kappa shape index (κ2) is 8.58. The van der Waals surface area contributed by atoms with Gasteiger partial charge in [-0.3, -0.25) is 0 Å². The molecule has 0 radical (unpaired) electrons. The van der Waals surface area contributed by atoms with E-state index in [4.69, 9.17) is 4.98 Å². The Morgan fingerprint density at radius 3 is 2.65 bits per heavy atom. The van der Waals surface area contributed by atoms with Crippen LogP contribution in [0.1, 0.15) is 56.6 Å². The predicted octanol–water partition coefficient (Wildman–Crippen LogP) is 4.37. The van der Waals surface area contributed by atoms with Crippen LogP contribution in [0.15, 0.2) is 36.7 Å². The molecule has 0 aromatic carbocycles. The third-order valence-corrected chi connectivity index (χ3v) is 5.74. The Hall–Kier alpha value is -2.01. The average molecular weight is 351 g/mol. The molecule has 0 bridgehead atoms. The molecule has 3 heterocycles. The van der Waals surface area contributed by atoms with Crippen molar-refractivity contribution in [3.8, 4) is 0 Å². The largest absolute Gasteiger partial charge is 0.309 e. The molecule has 1 saturated carbocycles. The number of pyridine rings is 1. The second-order valence-electron chi connectivity index (χ2n) is 7.75. The van der Waals surface area contributed by atoms with E-state index >= 15 is 0 Å². The summed E-state index contributed by atoms with van der Waals surface area (Å²) in [5.41, 5.74) is 1.19. The van der Waals surface area contributed by atoms with Crippen molar-refractivity contribution >= 4 is 11.8 Å². The van der Waals surface area contributed by atoms with E-state index in [9.17, 15) is 0 Å². The van der Waals surface area contributed by atoms with Gasteiger partial charge < -0.3 is 10.2 Å². The summed E-state index contributed by atoms with van der Waals surface area (Å²) >= 11 is 0. The first-order valence-electron chi connectivity index (χ1n) is 10.1. The fourth-order valence-corrected chi connectivity index (χ4v) is 4.42. The first-order valence-corrected chi connectivity index (χ1v) is 10.1. The molecule has 1 atom stereocenters. The maximum Gasteiger partial charge on any atom is 0.228 e. The molecule has 1 N–H and O–H groups in total. The third-order valence-electron chi connectivity index (χ3n) is 5.74. The van der Waals surface area contributed by atoms with Crippen LogP contribution in [0.5, 0.6) is 0 Å². The van der Waals surface area contributed by atoms with Gasteiger partial charge in [0.05, 0.1) is 0 Å². The van der Waals surface area contributed by atoms with Crippen LogP contribution in [-0.2, 0) is 0 Å². The van der Waals surface area contributed by atoms with Gasteiger partial charge in [0, 0.05) is 37.1 Å². The van der Waals surface area contributed by atoms with E-state index in [2.05, 4.69) is 32.3 Å². The molecule has 2 aromatic heterocycles. The lowest BCUT2D eigenvalue weighted by molar-refractivity contribution is 0.159. The molecule has 4 rings (SSSR count). The Bertz CT molecular complexity index is 684. The van der Waals surface area contributed by atoms with Gasteiger partial charge in [0.25, 0.3) is 0 Å². The van der Waals surface area contributed by atoms with Gasteiger partial charge in [-0.05, 0) is 56.3 Å². The highest BCUT2D eigenvalue weighted by molar-refractivity contribution is 5.47. The van der Waals surface area contributed by atoms with Crippen molar-refractivity contribution in [2.45, 2.75) is 50.9 Å². The van der Waals surface area contributed by atoms with Crippen molar-refractivity contribution in [2.24, 2.45) is 5.92 Å². The predicted molar refractivity (Wildman–Crippen MR) is 105 cm³/mol. The third kappa shape index (κ3) is 4.58. The van der Waals surface area contributed by atoms with E-state index in [1.54, 1.807) is 12.4 Å². The first kappa shape index (κ1) is 17.4. The molecule has 0 unspecified atom stereocenters. The summed E-state index contributed by atoms with van der Waals surface area (Å²) in [5, 5.41) is 3.21. The molecule has 2 fully saturated rings. The van der Waals surface area contributed by atoms with E-state index < -0.39 is 0 Å². The number of hydrogen-bond donors (Lipinski definition) is 1. The van der Waals surface area contributed by atoms with Crippen molar-refractivity contribution < 1.29 is 0 Å². The molecule has 5 nitrogen and oxygen atoms in total. The van der Waals surface area contributed by atoms with Crippen LogP contribution in [0.3, 0.4) is 0 Å². The van der Waals surface area contributed by atoms with Crippen LogP contribution in [0.25, 0.3) is 0 Å². The standard InChI is InChI=1S/C21H29N5/c1-2-7-17(8-3-1)15-26-14-5-9-18(16-26)19-10-4-11-20(24-19)25-21-22-12-6-13-23-21/h4,6,10-13,17-18H,1-3,5,7-9,14-16H2,(H,22,23,24,25)/t18-/m0/s1. The number of aromatic nitrogens is 3. The number of nitrogens with zero attached hydrogens (tertiary/aromatic N) is 4. The van der Waals surface area contributed by atoms with Gasteiger partial charge in [-0.1, -0.05) is 25.3 Å². The molecule has 5 heteroatoms. The van der Waals surface area contributed by atoms with Crippen molar-refractivity contribution in [3.05, 3.63) is 42.4 Å². The Balaban J connectivity index is 1.39. The highest BCUT2D eigenvalue weighted by Crippen LogP contribution is 2.30. The van der Waals surface area contributed by atoms with Crippen LogP contribution in [0.2, 0.25) is 0 Å². The fraction of sp³-hybridized carbons (Fsp3) is 0.571. The van der Waals surface area contributed by atoms with Gasteiger partial charge in [-0.15, -0.1) is 0 Å². The number of anilines is 2. The van der Waals surface area contributed by atoms with Crippen LogP contribution < -0.4 is 5.32 Å². The summed E-state index contributed by atoms with van der Waals surface area (Å²) in [7, 11) is 0. The van der Waals surface area contributed by atoms with Gasteiger partial charge in [-0.2, -0.15) is 0 Å². The quantitative estimate of drug-likeness (QED) is 0.866. The van der Waals surface area contributed by atoms with Crippen LogP contribution in [0.4, 0.5) is 11.8 Å². The highest BCUT2D eigenvalue weighted by atomic mass is 15.1. The molecule has 1 aliphatic carbocycles. The lowest BCUT2D eigenvalue weighted by atomic mass is 9.87. The average Bonchev–Trinajstić information content (AvgIpc) is 2.70. The molecule has 138 valence electrons. The van der Waals surface area contributed by atoms with Crippen LogP contribution >= 0.6 is 0 Å². The Morgan fingerprint density at radius 2 is 1.81 bits per heavy atom. The minimum absolute atomic E-state index is 0.533. The number of hydrogen-bond acceptors (Lipinski definition) is 5. The molecule has 1 aliphatic heterocycles. The maximum atomic E-state index is 4.86. The summed E-state index contributed by atoms with van der Waals surface area (Å²) in [4.78, 5) is 16.0. The molecular weight excluding hydrogens is 322 g/mol. The zero-order valence-corrected chi connectivity index (χ0v) is 15.5. The fourth-order valence-electron chi connectivity index (χ4n) is 4.42. The highest BCUT2D eigenvalue weighted by Gasteiger charge is 2.25. The first-order chi connectivity index (χ1) is 12.9. The lowest BCUT2D eigenvalue weighted by Gasteiger charge is -2.36. The SMILES string of the molecule is c1cnc(Nc2cccc([C@H]3CCCN(CC4CCCCC4)C3)n2)nc1. The normalized spacial score (nSPS) is 22.2. The van der Waals surface area contributed by atoms with E-state index in [1.807, 2.05) is 12.1 Å². The number of likely N-dealkylation sites (tertiary alicyclic amines) is 1. The Kier molecular flexibility index (Phi) is 5.75. The monoisotopic (exact) mass is 351 g/mol. The van der Waals surface area contributed by atoms with E-state index in [0.717, 1.165) is 18.3 Å². The summed E-state index contributed by atoms with van der Waals surface area (Å²) in [6, 6.07) is 8.07. The van der Waals surface area contributed by atoms with E-state index in [0.29, 0.717) is 11.9 Å². The second-order valence-corrected chi connectivity index (χ2v) is 7.75. The van der Waals surface area contributed by atoms with Crippen LogP contribution in [0, 0.1) is 5.92 Å². The zero-order valence-electron chi connectivity index (χ0n) is 15.5. The molecule has 0 spiro atoms.